The van der Waals surface area contributed by atoms with E-state index in [-0.39, 0.29) is 0 Å². The van der Waals surface area contributed by atoms with Crippen molar-refractivity contribution in [3.05, 3.63) is 65.9 Å². The van der Waals surface area contributed by atoms with Crippen molar-refractivity contribution in [1.82, 2.24) is 24.4 Å². The number of para-hydroxylation sites is 1. The Hall–Kier alpha value is -3.06. The molecule has 2 heterocycles. The molecule has 0 aliphatic rings. The van der Waals surface area contributed by atoms with Gasteiger partial charge in [0, 0.05) is 17.2 Å². The van der Waals surface area contributed by atoms with Gasteiger partial charge >= 0.3 is 0 Å². The summed E-state index contributed by atoms with van der Waals surface area (Å²) in [6.07, 6.45) is 0. The molecule has 0 bridgehead atoms. The van der Waals surface area contributed by atoms with Crippen molar-refractivity contribution >= 4 is 22.4 Å². The van der Waals surface area contributed by atoms with Crippen molar-refractivity contribution < 1.29 is 0 Å². The van der Waals surface area contributed by atoms with Crippen molar-refractivity contribution in [3.63, 3.8) is 0 Å². The lowest BCUT2D eigenvalue weighted by Gasteiger charge is -2.02. The van der Waals surface area contributed by atoms with Crippen LogP contribution in [0, 0.1) is 13.8 Å². The van der Waals surface area contributed by atoms with E-state index in [0.29, 0.717) is 11.5 Å². The minimum Gasteiger partial charge on any atom is -0.330 e. The summed E-state index contributed by atoms with van der Waals surface area (Å²) in [5.74, 6) is 0.583. The van der Waals surface area contributed by atoms with Crippen LogP contribution in [0.4, 0.5) is 10.8 Å². The molecule has 6 nitrogen and oxygen atoms in total. The molecule has 0 unspecified atom stereocenters. The minimum absolute atomic E-state index is 0.583. The normalized spacial score (nSPS) is 10.8. The van der Waals surface area contributed by atoms with Gasteiger partial charge in [-0.05, 0) is 38.1 Å². The van der Waals surface area contributed by atoms with Gasteiger partial charge in [-0.25, -0.2) is 4.68 Å². The maximum Gasteiger partial charge on any atom is 0.207 e. The van der Waals surface area contributed by atoms with Crippen molar-refractivity contribution in [2.24, 2.45) is 0 Å². The van der Waals surface area contributed by atoms with Crippen LogP contribution in [0.1, 0.15) is 11.3 Å². The molecular formula is C18H16N6S. The zero-order valence-corrected chi connectivity index (χ0v) is 14.7. The molecule has 0 fully saturated rings. The number of aromatic nitrogens is 5. The molecule has 0 saturated heterocycles. The molecule has 0 spiro atoms. The van der Waals surface area contributed by atoms with E-state index in [1.165, 1.54) is 17.1 Å². The first-order chi connectivity index (χ1) is 12.2. The summed E-state index contributed by atoms with van der Waals surface area (Å²) in [6, 6.07) is 18.1. The van der Waals surface area contributed by atoms with Gasteiger partial charge in [-0.1, -0.05) is 41.1 Å². The Labute approximate surface area is 149 Å². The highest BCUT2D eigenvalue weighted by molar-refractivity contribution is 7.09. The van der Waals surface area contributed by atoms with Crippen molar-refractivity contribution in [2.75, 3.05) is 5.32 Å². The van der Waals surface area contributed by atoms with E-state index >= 15 is 0 Å². The summed E-state index contributed by atoms with van der Waals surface area (Å²) >= 11 is 1.31. The first-order valence-electron chi connectivity index (χ1n) is 7.86. The van der Waals surface area contributed by atoms with Crippen LogP contribution < -0.4 is 5.32 Å². The lowest BCUT2D eigenvalue weighted by molar-refractivity contribution is 0.785. The van der Waals surface area contributed by atoms with Gasteiger partial charge in [0.05, 0.1) is 11.4 Å². The zero-order valence-electron chi connectivity index (χ0n) is 13.8. The average Bonchev–Trinajstić information content (AvgIpc) is 3.24. The first-order valence-corrected chi connectivity index (χ1v) is 8.63. The SMILES string of the molecule is Cc1ccc(Nc2nc(-c3nnn(-c4ccccc4)c3C)ns2)cc1. The second-order valence-corrected chi connectivity index (χ2v) is 6.44. The molecule has 25 heavy (non-hydrogen) atoms. The highest BCUT2D eigenvalue weighted by atomic mass is 32.1. The van der Waals surface area contributed by atoms with Gasteiger partial charge in [0.2, 0.25) is 5.13 Å². The Bertz CT molecular complexity index is 988. The summed E-state index contributed by atoms with van der Waals surface area (Å²) in [6.45, 7) is 4.03. The Morgan fingerprint density at radius 3 is 2.48 bits per heavy atom. The second kappa shape index (κ2) is 6.45. The number of nitrogens with zero attached hydrogens (tertiary/aromatic N) is 5. The molecule has 0 amide bonds. The molecule has 0 aliphatic heterocycles. The number of hydrogen-bond donors (Lipinski definition) is 1. The number of nitrogens with one attached hydrogen (secondary N) is 1. The van der Waals surface area contributed by atoms with Gasteiger partial charge in [0.25, 0.3) is 0 Å². The molecule has 2 aromatic heterocycles. The summed E-state index contributed by atoms with van der Waals surface area (Å²) in [4.78, 5) is 4.55. The van der Waals surface area contributed by atoms with Crippen LogP contribution in [-0.2, 0) is 0 Å². The van der Waals surface area contributed by atoms with Gasteiger partial charge < -0.3 is 5.32 Å². The van der Waals surface area contributed by atoms with E-state index in [1.807, 2.05) is 49.4 Å². The van der Waals surface area contributed by atoms with Gasteiger partial charge in [0.1, 0.15) is 0 Å². The maximum atomic E-state index is 4.55. The Morgan fingerprint density at radius 1 is 0.960 bits per heavy atom. The van der Waals surface area contributed by atoms with Crippen LogP contribution in [0.2, 0.25) is 0 Å². The van der Waals surface area contributed by atoms with E-state index < -0.39 is 0 Å². The largest absolute Gasteiger partial charge is 0.330 e. The highest BCUT2D eigenvalue weighted by Gasteiger charge is 2.16. The molecule has 1 N–H and O–H groups in total. The van der Waals surface area contributed by atoms with Crippen molar-refractivity contribution in [2.45, 2.75) is 13.8 Å². The molecule has 124 valence electrons. The van der Waals surface area contributed by atoms with E-state index in [2.05, 4.69) is 44.0 Å². The Kier molecular flexibility index (Phi) is 3.99. The van der Waals surface area contributed by atoms with Crippen LogP contribution in [0.3, 0.4) is 0 Å². The fraction of sp³-hybridized carbons (Fsp3) is 0.111. The van der Waals surface area contributed by atoms with Gasteiger partial charge in [-0.2, -0.15) is 9.36 Å². The number of benzene rings is 2. The minimum atomic E-state index is 0.583. The smallest absolute Gasteiger partial charge is 0.207 e. The standard InChI is InChI=1S/C18H16N6S/c1-12-8-10-14(11-9-12)19-18-20-17(22-25-18)16-13(2)24(23-21-16)15-6-4-3-5-7-15/h3-11H,1-2H3,(H,19,20,22). The van der Waals surface area contributed by atoms with E-state index in [1.54, 1.807) is 4.68 Å². The fourth-order valence-corrected chi connectivity index (χ4v) is 3.07. The molecule has 7 heteroatoms. The molecule has 4 rings (SSSR count). The Balaban J connectivity index is 1.60. The van der Waals surface area contributed by atoms with Gasteiger partial charge in [0.15, 0.2) is 11.5 Å². The number of aryl methyl sites for hydroxylation is 1. The van der Waals surface area contributed by atoms with Crippen molar-refractivity contribution in [3.8, 4) is 17.2 Å². The highest BCUT2D eigenvalue weighted by Crippen LogP contribution is 2.25. The molecule has 0 atom stereocenters. The topological polar surface area (TPSA) is 68.5 Å². The number of anilines is 2. The summed E-state index contributed by atoms with van der Waals surface area (Å²) in [7, 11) is 0. The van der Waals surface area contributed by atoms with Gasteiger partial charge in [-0.3, -0.25) is 0 Å². The third-order valence-corrected chi connectivity index (χ3v) is 4.47. The number of rotatable bonds is 4. The summed E-state index contributed by atoms with van der Waals surface area (Å²) in [5.41, 5.74) is 4.77. The van der Waals surface area contributed by atoms with Crippen molar-refractivity contribution in [1.29, 1.82) is 0 Å². The van der Waals surface area contributed by atoms with E-state index in [9.17, 15) is 0 Å². The molecule has 0 saturated carbocycles. The lowest BCUT2D eigenvalue weighted by Crippen LogP contribution is -1.98. The van der Waals surface area contributed by atoms with E-state index in [4.69, 9.17) is 0 Å². The molecule has 0 aliphatic carbocycles. The second-order valence-electron chi connectivity index (χ2n) is 5.68. The molecule has 0 radical (unpaired) electrons. The van der Waals surface area contributed by atoms with Crippen LogP contribution in [-0.4, -0.2) is 24.4 Å². The summed E-state index contributed by atoms with van der Waals surface area (Å²) < 4.78 is 6.22. The molecule has 4 aromatic rings. The predicted octanol–water partition coefficient (Wildman–Crippen LogP) is 4.15. The Morgan fingerprint density at radius 2 is 1.72 bits per heavy atom. The van der Waals surface area contributed by atoms with Crippen LogP contribution in [0.25, 0.3) is 17.2 Å². The van der Waals surface area contributed by atoms with Crippen LogP contribution >= 0.6 is 11.5 Å². The first kappa shape index (κ1) is 15.5. The van der Waals surface area contributed by atoms with Gasteiger partial charge in [-0.15, -0.1) is 5.10 Å². The fourth-order valence-electron chi connectivity index (χ4n) is 2.48. The number of hydrogen-bond acceptors (Lipinski definition) is 6. The van der Waals surface area contributed by atoms with Crippen LogP contribution in [0.5, 0.6) is 0 Å². The average molecular weight is 348 g/mol. The lowest BCUT2D eigenvalue weighted by atomic mass is 10.2. The molecular weight excluding hydrogens is 332 g/mol. The third kappa shape index (κ3) is 3.14. The predicted molar refractivity (Wildman–Crippen MR) is 99.5 cm³/mol. The zero-order chi connectivity index (χ0) is 17.2. The maximum absolute atomic E-state index is 4.55. The quantitative estimate of drug-likeness (QED) is 0.600. The monoisotopic (exact) mass is 348 g/mol. The third-order valence-electron chi connectivity index (χ3n) is 3.84. The van der Waals surface area contributed by atoms with E-state index in [0.717, 1.165) is 22.2 Å². The van der Waals surface area contributed by atoms with Crippen LogP contribution in [0.15, 0.2) is 54.6 Å². The summed E-state index contributed by atoms with van der Waals surface area (Å²) in [5, 5.41) is 12.5. The molecule has 2 aromatic carbocycles.